The van der Waals surface area contributed by atoms with Gasteiger partial charge in [-0.15, -0.1) is 0 Å². The maximum Gasteiger partial charge on any atom is 0.472 e. The van der Waals surface area contributed by atoms with Crippen LogP contribution in [0.5, 0.6) is 0 Å². The summed E-state index contributed by atoms with van der Waals surface area (Å²) in [5.74, 6) is -0.142. The Labute approximate surface area is 310 Å². The number of carbonyl (C=O) groups is 1. The predicted molar refractivity (Wildman–Crippen MR) is 212 cm³/mol. The van der Waals surface area contributed by atoms with Gasteiger partial charge in [0.15, 0.2) is 0 Å². The first-order valence-electron chi connectivity index (χ1n) is 21.4. The first-order valence-corrected chi connectivity index (χ1v) is 22.9. The maximum atomic E-state index is 12.8. The van der Waals surface area contributed by atoms with Crippen molar-refractivity contribution in [2.45, 2.75) is 219 Å². The lowest BCUT2D eigenvalue weighted by atomic mass is 10.0. The highest BCUT2D eigenvalue weighted by Gasteiger charge is 2.28. The number of quaternary nitrogens is 1. The summed E-state index contributed by atoms with van der Waals surface area (Å²) in [6, 6.07) is -0.751. The second-order valence-electron chi connectivity index (χ2n) is 16.1. The molecule has 0 bridgehead atoms. The highest BCUT2D eigenvalue weighted by Crippen LogP contribution is 2.43. The van der Waals surface area contributed by atoms with E-state index in [1.54, 1.807) is 0 Å². The van der Waals surface area contributed by atoms with E-state index in [2.05, 4.69) is 19.2 Å². The highest BCUT2D eigenvalue weighted by molar-refractivity contribution is 7.47. The zero-order chi connectivity index (χ0) is 37.2. The second kappa shape index (κ2) is 34.3. The molecular weight excluding hydrogens is 647 g/mol. The SMILES string of the molecule is CCCCCCCCCCCCCCCCC(=O)NC(COP(=O)(O)OCC[N+](C)(C)C)C(O)CCCCCCCCCCCCCCCC. The molecule has 1 amide bonds. The van der Waals surface area contributed by atoms with E-state index in [9.17, 15) is 19.4 Å². The molecule has 3 N–H and O–H groups in total. The van der Waals surface area contributed by atoms with E-state index in [1.807, 2.05) is 21.1 Å². The Kier molecular flexibility index (Phi) is 33.9. The van der Waals surface area contributed by atoms with Crippen molar-refractivity contribution in [2.75, 3.05) is 40.9 Å². The van der Waals surface area contributed by atoms with Crippen LogP contribution in [-0.2, 0) is 18.4 Å². The molecule has 0 aliphatic carbocycles. The molecule has 0 aromatic rings. The summed E-state index contributed by atoms with van der Waals surface area (Å²) in [6.07, 6.45) is 35.4. The van der Waals surface area contributed by atoms with Crippen LogP contribution in [0.2, 0.25) is 0 Å². The summed E-state index contributed by atoms with van der Waals surface area (Å²) in [4.78, 5) is 23.1. The summed E-state index contributed by atoms with van der Waals surface area (Å²) in [7, 11) is 1.63. The minimum Gasteiger partial charge on any atom is -0.391 e. The largest absolute Gasteiger partial charge is 0.472 e. The molecule has 0 radical (unpaired) electrons. The number of aliphatic hydroxyl groups is 1. The molecule has 0 spiro atoms. The monoisotopic (exact) mass is 734 g/mol. The van der Waals surface area contributed by atoms with Gasteiger partial charge in [0, 0.05) is 6.42 Å². The Morgan fingerprint density at radius 2 is 0.960 bits per heavy atom. The Morgan fingerprint density at radius 1 is 0.600 bits per heavy atom. The van der Waals surface area contributed by atoms with E-state index in [0.717, 1.165) is 38.5 Å². The molecule has 8 nitrogen and oxygen atoms in total. The van der Waals surface area contributed by atoms with E-state index in [0.29, 0.717) is 23.9 Å². The summed E-state index contributed by atoms with van der Waals surface area (Å²) in [6.45, 7) is 4.90. The summed E-state index contributed by atoms with van der Waals surface area (Å²) in [5, 5.41) is 13.9. The molecule has 3 atom stereocenters. The first-order chi connectivity index (χ1) is 24.0. The minimum atomic E-state index is -4.30. The van der Waals surface area contributed by atoms with Crippen molar-refractivity contribution in [3.05, 3.63) is 0 Å². The van der Waals surface area contributed by atoms with Crippen molar-refractivity contribution in [2.24, 2.45) is 0 Å². The number of carbonyl (C=O) groups excluding carboxylic acids is 1. The molecule has 0 fully saturated rings. The third kappa shape index (κ3) is 35.9. The van der Waals surface area contributed by atoms with Crippen LogP contribution in [0.15, 0.2) is 0 Å². The van der Waals surface area contributed by atoms with E-state index in [4.69, 9.17) is 9.05 Å². The molecule has 0 saturated carbocycles. The number of likely N-dealkylation sites (N-methyl/N-ethyl adjacent to an activating group) is 1. The standard InChI is InChI=1S/C41H85N2O6P/c1-6-8-10-12-14-16-18-20-22-24-26-28-30-32-34-40(44)39(38-49-50(46,47)48-37-36-43(3,4)5)42-41(45)35-33-31-29-27-25-23-21-19-17-15-13-11-9-7-2/h39-40,44H,6-38H2,1-5H3,(H-,42,45,46,47)/p+1. The van der Waals surface area contributed by atoms with Gasteiger partial charge >= 0.3 is 7.82 Å². The number of rotatable bonds is 39. The summed E-state index contributed by atoms with van der Waals surface area (Å²) < 4.78 is 23.6. The Balaban J connectivity index is 4.37. The van der Waals surface area contributed by atoms with Crippen molar-refractivity contribution >= 4 is 13.7 Å². The van der Waals surface area contributed by atoms with Crippen molar-refractivity contribution in [3.63, 3.8) is 0 Å². The lowest BCUT2D eigenvalue weighted by Gasteiger charge is -2.26. The lowest BCUT2D eigenvalue weighted by Crippen LogP contribution is -2.46. The van der Waals surface area contributed by atoms with E-state index in [1.165, 1.54) is 141 Å². The van der Waals surface area contributed by atoms with E-state index >= 15 is 0 Å². The van der Waals surface area contributed by atoms with Crippen LogP contribution < -0.4 is 5.32 Å². The number of amides is 1. The van der Waals surface area contributed by atoms with Crippen molar-refractivity contribution in [1.29, 1.82) is 0 Å². The van der Waals surface area contributed by atoms with Crippen LogP contribution in [0.4, 0.5) is 0 Å². The number of unbranched alkanes of at least 4 members (excludes halogenated alkanes) is 26. The highest BCUT2D eigenvalue weighted by atomic mass is 31.2. The Hall–Kier alpha value is -0.500. The number of phosphoric ester groups is 1. The van der Waals surface area contributed by atoms with Gasteiger partial charge in [-0.05, 0) is 12.8 Å². The molecular formula is C41H86N2O6P+. The Morgan fingerprint density at radius 3 is 1.34 bits per heavy atom. The molecule has 50 heavy (non-hydrogen) atoms. The lowest BCUT2D eigenvalue weighted by molar-refractivity contribution is -0.870. The molecule has 0 aromatic heterocycles. The average molecular weight is 734 g/mol. The van der Waals surface area contributed by atoms with Crippen LogP contribution >= 0.6 is 7.82 Å². The van der Waals surface area contributed by atoms with Gasteiger partial charge in [-0.2, -0.15) is 0 Å². The van der Waals surface area contributed by atoms with Gasteiger partial charge in [0.1, 0.15) is 13.2 Å². The summed E-state index contributed by atoms with van der Waals surface area (Å²) in [5.41, 5.74) is 0. The molecule has 300 valence electrons. The number of aliphatic hydroxyl groups excluding tert-OH is 1. The maximum absolute atomic E-state index is 12.8. The van der Waals surface area contributed by atoms with Crippen molar-refractivity contribution in [1.82, 2.24) is 5.32 Å². The average Bonchev–Trinajstić information content (AvgIpc) is 3.06. The number of hydrogen-bond acceptors (Lipinski definition) is 5. The molecule has 0 saturated heterocycles. The fourth-order valence-corrected chi connectivity index (χ4v) is 7.13. The van der Waals surface area contributed by atoms with Crippen LogP contribution in [0.1, 0.15) is 206 Å². The van der Waals surface area contributed by atoms with Gasteiger partial charge in [0.05, 0.1) is 39.9 Å². The summed E-state index contributed by atoms with van der Waals surface area (Å²) >= 11 is 0. The fourth-order valence-electron chi connectivity index (χ4n) is 6.40. The third-order valence-corrected chi connectivity index (χ3v) is 10.8. The quantitative estimate of drug-likeness (QED) is 0.0330. The van der Waals surface area contributed by atoms with Crippen molar-refractivity contribution < 1.29 is 32.9 Å². The van der Waals surface area contributed by atoms with Gasteiger partial charge in [-0.3, -0.25) is 13.8 Å². The number of phosphoric acid groups is 1. The van der Waals surface area contributed by atoms with Crippen molar-refractivity contribution in [3.8, 4) is 0 Å². The van der Waals surface area contributed by atoms with Crippen LogP contribution in [-0.4, -0.2) is 73.4 Å². The number of hydrogen-bond donors (Lipinski definition) is 3. The molecule has 0 aliphatic heterocycles. The van der Waals surface area contributed by atoms with Gasteiger partial charge < -0.3 is 19.8 Å². The second-order valence-corrected chi connectivity index (χ2v) is 17.5. The van der Waals surface area contributed by atoms with Crippen LogP contribution in [0.3, 0.4) is 0 Å². The molecule has 0 aromatic carbocycles. The topological polar surface area (TPSA) is 105 Å². The van der Waals surface area contributed by atoms with Gasteiger partial charge in [-0.25, -0.2) is 4.57 Å². The molecule has 0 aliphatic rings. The van der Waals surface area contributed by atoms with E-state index < -0.39 is 20.0 Å². The van der Waals surface area contributed by atoms with Gasteiger partial charge in [0.2, 0.25) is 5.91 Å². The molecule has 0 heterocycles. The number of nitrogens with one attached hydrogen (secondary N) is 1. The fraction of sp³-hybridized carbons (Fsp3) is 0.976. The Bertz CT molecular complexity index is 794. The smallest absolute Gasteiger partial charge is 0.391 e. The zero-order valence-corrected chi connectivity index (χ0v) is 34.8. The third-order valence-electron chi connectivity index (χ3n) is 9.86. The van der Waals surface area contributed by atoms with Crippen LogP contribution in [0.25, 0.3) is 0 Å². The first kappa shape index (κ1) is 49.5. The zero-order valence-electron chi connectivity index (χ0n) is 33.9. The normalized spacial score (nSPS) is 14.5. The minimum absolute atomic E-state index is 0.0784. The molecule has 3 unspecified atom stereocenters. The number of nitrogens with zero attached hydrogens (tertiary/aromatic N) is 1. The predicted octanol–water partition coefficient (Wildman–Crippen LogP) is 11.4. The molecule has 0 rings (SSSR count). The van der Waals surface area contributed by atoms with Gasteiger partial charge in [-0.1, -0.05) is 187 Å². The van der Waals surface area contributed by atoms with E-state index in [-0.39, 0.29) is 19.1 Å². The van der Waals surface area contributed by atoms with Crippen LogP contribution in [0, 0.1) is 0 Å². The van der Waals surface area contributed by atoms with Gasteiger partial charge in [0.25, 0.3) is 0 Å². The molecule has 9 heteroatoms.